The molecule has 2 aromatic rings. The Balaban J connectivity index is 1.90. The summed E-state index contributed by atoms with van der Waals surface area (Å²) in [5, 5.41) is 10.4. The first-order valence-electron chi connectivity index (χ1n) is 6.78. The highest BCUT2D eigenvalue weighted by Crippen LogP contribution is 2.31. The first-order valence-corrected chi connectivity index (χ1v) is 6.78. The van der Waals surface area contributed by atoms with E-state index in [1.54, 1.807) is 0 Å². The third-order valence-electron chi connectivity index (χ3n) is 3.66. The number of fused-ring (bicyclic) bond motifs is 1. The van der Waals surface area contributed by atoms with Gasteiger partial charge in [-0.05, 0) is 29.7 Å². The largest absolute Gasteiger partial charge is 0.387 e. The fraction of sp³-hybridized carbons (Fsp3) is 0.158. The van der Waals surface area contributed by atoms with Crippen LogP contribution in [0.4, 0.5) is 0 Å². The van der Waals surface area contributed by atoms with Crippen molar-refractivity contribution in [2.45, 2.75) is 13.0 Å². The van der Waals surface area contributed by atoms with Crippen molar-refractivity contribution in [1.29, 1.82) is 0 Å². The molecule has 2 atom stereocenters. The molecule has 0 saturated heterocycles. The van der Waals surface area contributed by atoms with E-state index in [1.807, 2.05) is 67.6 Å². The molecule has 3 rings (SSSR count). The second-order valence-electron chi connectivity index (χ2n) is 5.04. The zero-order valence-electron chi connectivity index (χ0n) is 11.4. The summed E-state index contributed by atoms with van der Waals surface area (Å²) in [7, 11) is 0. The van der Waals surface area contributed by atoms with Gasteiger partial charge < -0.3 is 5.11 Å². The maximum atomic E-state index is 10.4. The minimum absolute atomic E-state index is 0.149. The molecule has 98 valence electrons. The van der Waals surface area contributed by atoms with E-state index in [4.69, 9.17) is 0 Å². The maximum Gasteiger partial charge on any atom is 0.0968 e. The molecule has 2 aromatic carbocycles. The van der Waals surface area contributed by atoms with E-state index in [1.165, 1.54) is 0 Å². The van der Waals surface area contributed by atoms with Crippen LogP contribution in [0.5, 0.6) is 0 Å². The van der Waals surface area contributed by atoms with Crippen molar-refractivity contribution in [1.82, 2.24) is 0 Å². The minimum Gasteiger partial charge on any atom is -0.387 e. The van der Waals surface area contributed by atoms with Gasteiger partial charge in [0, 0.05) is 5.56 Å². The van der Waals surface area contributed by atoms with E-state index < -0.39 is 6.10 Å². The smallest absolute Gasteiger partial charge is 0.0968 e. The van der Waals surface area contributed by atoms with E-state index in [9.17, 15) is 5.11 Å². The van der Waals surface area contributed by atoms with Gasteiger partial charge in [0.1, 0.15) is 0 Å². The lowest BCUT2D eigenvalue weighted by molar-refractivity contribution is 0.153. The SMILES string of the molecule is Cc1ccccc1C#C[C@H]1C=Cc2ccccc2[C@H]1O. The predicted octanol–water partition coefficient (Wildman–Crippen LogP) is 3.72. The molecule has 1 N–H and O–H groups in total. The van der Waals surface area contributed by atoms with E-state index in [-0.39, 0.29) is 5.92 Å². The molecule has 1 aliphatic rings. The van der Waals surface area contributed by atoms with Crippen molar-refractivity contribution in [2.75, 3.05) is 0 Å². The summed E-state index contributed by atoms with van der Waals surface area (Å²) in [5.74, 6) is 6.22. The highest BCUT2D eigenvalue weighted by molar-refractivity contribution is 5.59. The van der Waals surface area contributed by atoms with Crippen LogP contribution in [0.3, 0.4) is 0 Å². The molecule has 0 aliphatic heterocycles. The van der Waals surface area contributed by atoms with Crippen molar-refractivity contribution >= 4 is 6.08 Å². The Labute approximate surface area is 119 Å². The highest BCUT2D eigenvalue weighted by Gasteiger charge is 2.22. The predicted molar refractivity (Wildman–Crippen MR) is 82.0 cm³/mol. The van der Waals surface area contributed by atoms with Crippen LogP contribution in [0, 0.1) is 24.7 Å². The number of rotatable bonds is 0. The maximum absolute atomic E-state index is 10.4. The van der Waals surface area contributed by atoms with Gasteiger partial charge in [0.05, 0.1) is 12.0 Å². The van der Waals surface area contributed by atoms with Crippen LogP contribution in [0.1, 0.15) is 28.4 Å². The van der Waals surface area contributed by atoms with Crippen LogP contribution in [-0.4, -0.2) is 5.11 Å². The topological polar surface area (TPSA) is 20.2 Å². The number of aliphatic hydroxyl groups excluding tert-OH is 1. The number of aliphatic hydroxyl groups is 1. The Bertz CT molecular complexity index is 716. The summed E-state index contributed by atoms with van der Waals surface area (Å²) < 4.78 is 0. The Kier molecular flexibility index (Phi) is 3.41. The van der Waals surface area contributed by atoms with Gasteiger partial charge in [0.15, 0.2) is 0 Å². The van der Waals surface area contributed by atoms with Crippen LogP contribution < -0.4 is 0 Å². The summed E-state index contributed by atoms with van der Waals surface area (Å²) in [6.45, 7) is 2.05. The third kappa shape index (κ3) is 2.39. The van der Waals surface area contributed by atoms with Gasteiger partial charge in [-0.25, -0.2) is 0 Å². The summed E-state index contributed by atoms with van der Waals surface area (Å²) in [5.41, 5.74) is 4.22. The van der Waals surface area contributed by atoms with Crippen molar-refractivity contribution in [3.63, 3.8) is 0 Å². The van der Waals surface area contributed by atoms with Gasteiger partial charge in [0.2, 0.25) is 0 Å². The molecule has 0 radical (unpaired) electrons. The van der Waals surface area contributed by atoms with Crippen LogP contribution in [0.25, 0.3) is 6.08 Å². The lowest BCUT2D eigenvalue weighted by atomic mass is 9.87. The van der Waals surface area contributed by atoms with Gasteiger partial charge >= 0.3 is 0 Å². The molecule has 1 nitrogen and oxygen atoms in total. The lowest BCUT2D eigenvalue weighted by Gasteiger charge is -2.21. The van der Waals surface area contributed by atoms with E-state index in [0.717, 1.165) is 22.3 Å². The number of benzene rings is 2. The number of hydrogen-bond donors (Lipinski definition) is 1. The Hall–Kier alpha value is -2.30. The van der Waals surface area contributed by atoms with E-state index >= 15 is 0 Å². The fourth-order valence-electron chi connectivity index (χ4n) is 2.44. The molecule has 20 heavy (non-hydrogen) atoms. The normalized spacial score (nSPS) is 19.9. The van der Waals surface area contributed by atoms with E-state index in [0.29, 0.717) is 0 Å². The van der Waals surface area contributed by atoms with Crippen LogP contribution in [0.2, 0.25) is 0 Å². The van der Waals surface area contributed by atoms with Gasteiger partial charge in [-0.1, -0.05) is 66.5 Å². The molecule has 1 aliphatic carbocycles. The molecule has 0 heterocycles. The second-order valence-corrected chi connectivity index (χ2v) is 5.04. The molecule has 1 heteroatoms. The Morgan fingerprint density at radius 3 is 2.60 bits per heavy atom. The van der Waals surface area contributed by atoms with Crippen LogP contribution >= 0.6 is 0 Å². The quantitative estimate of drug-likeness (QED) is 0.716. The number of hydrogen-bond acceptors (Lipinski definition) is 1. The van der Waals surface area contributed by atoms with Crippen LogP contribution in [-0.2, 0) is 0 Å². The summed E-state index contributed by atoms with van der Waals surface area (Å²) >= 11 is 0. The van der Waals surface area contributed by atoms with Gasteiger partial charge in [-0.15, -0.1) is 0 Å². The molecular formula is C19H16O. The average molecular weight is 260 g/mol. The first-order chi connectivity index (χ1) is 9.75. The summed E-state index contributed by atoms with van der Waals surface area (Å²) in [6.07, 6.45) is 3.48. The lowest BCUT2D eigenvalue weighted by Crippen LogP contribution is -2.13. The van der Waals surface area contributed by atoms with Crippen molar-refractivity contribution in [3.05, 3.63) is 76.9 Å². The summed E-state index contributed by atoms with van der Waals surface area (Å²) in [4.78, 5) is 0. The molecule has 0 saturated carbocycles. The van der Waals surface area contributed by atoms with Crippen molar-refractivity contribution in [3.8, 4) is 11.8 Å². The molecule has 0 unspecified atom stereocenters. The minimum atomic E-state index is -0.548. The average Bonchev–Trinajstić information content (AvgIpc) is 2.48. The molecular weight excluding hydrogens is 244 g/mol. The first kappa shape index (κ1) is 12.7. The van der Waals surface area contributed by atoms with Crippen molar-refractivity contribution < 1.29 is 5.11 Å². The molecule has 0 aromatic heterocycles. The zero-order valence-corrected chi connectivity index (χ0v) is 11.4. The second kappa shape index (κ2) is 5.36. The summed E-state index contributed by atoms with van der Waals surface area (Å²) in [6, 6.07) is 16.0. The van der Waals surface area contributed by atoms with Gasteiger partial charge in [-0.2, -0.15) is 0 Å². The van der Waals surface area contributed by atoms with Gasteiger partial charge in [-0.3, -0.25) is 0 Å². The monoisotopic (exact) mass is 260 g/mol. The standard InChI is InChI=1S/C19H16O/c1-14-6-2-3-7-15(14)10-12-17-13-11-16-8-4-5-9-18(16)19(17)20/h2-9,11,13,17,19-20H,1H3/t17-,19-/m0/s1. The molecule has 0 spiro atoms. The Morgan fingerprint density at radius 1 is 1.00 bits per heavy atom. The number of aryl methyl sites for hydroxylation is 1. The molecule has 0 fully saturated rings. The van der Waals surface area contributed by atoms with Crippen LogP contribution in [0.15, 0.2) is 54.6 Å². The van der Waals surface area contributed by atoms with E-state index in [2.05, 4.69) is 11.8 Å². The molecule has 0 amide bonds. The fourth-order valence-corrected chi connectivity index (χ4v) is 2.44. The Morgan fingerprint density at radius 2 is 1.75 bits per heavy atom. The highest BCUT2D eigenvalue weighted by atomic mass is 16.3. The van der Waals surface area contributed by atoms with Crippen molar-refractivity contribution in [2.24, 2.45) is 5.92 Å². The zero-order chi connectivity index (χ0) is 13.9. The van der Waals surface area contributed by atoms with Gasteiger partial charge in [0.25, 0.3) is 0 Å². The molecule has 0 bridgehead atoms. The third-order valence-corrected chi connectivity index (χ3v) is 3.66.